The zero-order chi connectivity index (χ0) is 17.3. The van der Waals surface area contributed by atoms with Crippen LogP contribution < -0.4 is 20.1 Å². The lowest BCUT2D eigenvalue weighted by atomic mass is 10.3. The summed E-state index contributed by atoms with van der Waals surface area (Å²) in [5.74, 6) is 2.37. The zero-order valence-electron chi connectivity index (χ0n) is 15.3. The Morgan fingerprint density at radius 1 is 1.12 bits per heavy atom. The van der Waals surface area contributed by atoms with Gasteiger partial charge in [0.25, 0.3) is 0 Å². The van der Waals surface area contributed by atoms with Gasteiger partial charge in [-0.05, 0) is 19.1 Å². The first-order valence-corrected chi connectivity index (χ1v) is 9.10. The molecule has 0 saturated carbocycles. The van der Waals surface area contributed by atoms with Gasteiger partial charge in [-0.1, -0.05) is 0 Å². The number of hydrogen-bond acceptors (Lipinski definition) is 5. The Hall–Kier alpha value is -1.26. The number of aliphatic imine (C=N–C) groups is 1. The van der Waals surface area contributed by atoms with Gasteiger partial charge in [-0.15, -0.1) is 24.0 Å². The number of halogens is 1. The van der Waals surface area contributed by atoms with E-state index in [-0.39, 0.29) is 24.0 Å². The molecule has 146 valence electrons. The summed E-state index contributed by atoms with van der Waals surface area (Å²) in [5.41, 5.74) is 0.940. The summed E-state index contributed by atoms with van der Waals surface area (Å²) in [5, 5.41) is 6.63. The van der Waals surface area contributed by atoms with Gasteiger partial charge in [-0.2, -0.15) is 0 Å². The highest BCUT2D eigenvalue weighted by Gasteiger charge is 2.12. The SMILES string of the molecule is CCNC(=NCCN1CCOCC1)Nc1ccc2c(c1)OCCCO2.I. The minimum atomic E-state index is 0. The van der Waals surface area contributed by atoms with Gasteiger partial charge in [0.15, 0.2) is 17.5 Å². The molecule has 0 aromatic heterocycles. The van der Waals surface area contributed by atoms with Crippen LogP contribution >= 0.6 is 24.0 Å². The van der Waals surface area contributed by atoms with Crippen LogP contribution in [0.2, 0.25) is 0 Å². The Bertz CT molecular complexity index is 580. The first-order valence-electron chi connectivity index (χ1n) is 9.10. The molecule has 3 rings (SSSR count). The second kappa shape index (κ2) is 11.5. The number of benzene rings is 1. The zero-order valence-corrected chi connectivity index (χ0v) is 17.7. The van der Waals surface area contributed by atoms with Gasteiger partial charge in [0.1, 0.15) is 0 Å². The second-order valence-corrected chi connectivity index (χ2v) is 6.05. The molecule has 2 heterocycles. The van der Waals surface area contributed by atoms with E-state index < -0.39 is 0 Å². The molecular weight excluding hydrogens is 447 g/mol. The summed E-state index contributed by atoms with van der Waals surface area (Å²) >= 11 is 0. The molecule has 0 amide bonds. The van der Waals surface area contributed by atoms with E-state index in [0.29, 0.717) is 13.2 Å². The van der Waals surface area contributed by atoms with Gasteiger partial charge in [-0.3, -0.25) is 9.89 Å². The maximum atomic E-state index is 5.75. The summed E-state index contributed by atoms with van der Waals surface area (Å²) in [6.45, 7) is 9.57. The maximum Gasteiger partial charge on any atom is 0.195 e. The van der Waals surface area contributed by atoms with Gasteiger partial charge in [0, 0.05) is 44.4 Å². The van der Waals surface area contributed by atoms with Crippen LogP contribution in [0.3, 0.4) is 0 Å². The quantitative estimate of drug-likeness (QED) is 0.386. The van der Waals surface area contributed by atoms with Gasteiger partial charge >= 0.3 is 0 Å². The number of nitrogens with one attached hydrogen (secondary N) is 2. The molecule has 2 aliphatic heterocycles. The summed E-state index contributed by atoms with van der Waals surface area (Å²) in [4.78, 5) is 7.05. The smallest absolute Gasteiger partial charge is 0.195 e. The molecule has 0 spiro atoms. The van der Waals surface area contributed by atoms with Crippen molar-refractivity contribution in [1.29, 1.82) is 0 Å². The predicted octanol–water partition coefficient (Wildman–Crippen LogP) is 2.18. The average molecular weight is 476 g/mol. The van der Waals surface area contributed by atoms with Crippen LogP contribution in [0, 0.1) is 0 Å². The van der Waals surface area contributed by atoms with Crippen molar-refractivity contribution in [1.82, 2.24) is 10.2 Å². The highest BCUT2D eigenvalue weighted by atomic mass is 127. The summed E-state index contributed by atoms with van der Waals surface area (Å²) in [7, 11) is 0. The van der Waals surface area contributed by atoms with Gasteiger partial charge in [-0.25, -0.2) is 0 Å². The lowest BCUT2D eigenvalue weighted by molar-refractivity contribution is 0.0394. The Morgan fingerprint density at radius 3 is 2.65 bits per heavy atom. The van der Waals surface area contributed by atoms with Crippen molar-refractivity contribution in [2.45, 2.75) is 13.3 Å². The van der Waals surface area contributed by atoms with Crippen LogP contribution in [-0.4, -0.2) is 70.0 Å². The maximum absolute atomic E-state index is 5.75. The Labute approximate surface area is 172 Å². The monoisotopic (exact) mass is 476 g/mol. The number of hydrogen-bond donors (Lipinski definition) is 2. The molecule has 8 heteroatoms. The third-order valence-corrected chi connectivity index (χ3v) is 4.14. The molecular formula is C18H29IN4O3. The van der Waals surface area contributed by atoms with Gasteiger partial charge < -0.3 is 24.8 Å². The highest BCUT2D eigenvalue weighted by molar-refractivity contribution is 14.0. The van der Waals surface area contributed by atoms with Crippen LogP contribution in [0.1, 0.15) is 13.3 Å². The van der Waals surface area contributed by atoms with Crippen LogP contribution in [0.5, 0.6) is 11.5 Å². The van der Waals surface area contributed by atoms with Crippen molar-refractivity contribution in [2.75, 3.05) is 64.5 Å². The minimum Gasteiger partial charge on any atom is -0.490 e. The van der Waals surface area contributed by atoms with E-state index in [0.717, 1.165) is 75.5 Å². The van der Waals surface area contributed by atoms with E-state index in [9.17, 15) is 0 Å². The Morgan fingerprint density at radius 2 is 1.88 bits per heavy atom. The highest BCUT2D eigenvalue weighted by Crippen LogP contribution is 2.32. The summed E-state index contributed by atoms with van der Waals surface area (Å²) < 4.78 is 16.8. The third-order valence-electron chi connectivity index (χ3n) is 4.14. The summed E-state index contributed by atoms with van der Waals surface area (Å²) in [6.07, 6.45) is 0.906. The average Bonchev–Trinajstić information content (AvgIpc) is 2.88. The van der Waals surface area contributed by atoms with E-state index in [1.54, 1.807) is 0 Å². The number of ether oxygens (including phenoxy) is 3. The van der Waals surface area contributed by atoms with E-state index in [2.05, 4.69) is 27.4 Å². The van der Waals surface area contributed by atoms with E-state index in [1.165, 1.54) is 0 Å². The van der Waals surface area contributed by atoms with Crippen LogP contribution in [0.4, 0.5) is 5.69 Å². The number of rotatable bonds is 5. The van der Waals surface area contributed by atoms with Gasteiger partial charge in [0.2, 0.25) is 0 Å². The van der Waals surface area contributed by atoms with E-state index >= 15 is 0 Å². The Balaban J connectivity index is 0.00000243. The molecule has 0 atom stereocenters. The van der Waals surface area contributed by atoms with Crippen LogP contribution in [0.25, 0.3) is 0 Å². The minimum absolute atomic E-state index is 0. The molecule has 2 N–H and O–H groups in total. The molecule has 1 saturated heterocycles. The number of fused-ring (bicyclic) bond motifs is 1. The molecule has 0 bridgehead atoms. The fourth-order valence-corrected chi connectivity index (χ4v) is 2.81. The molecule has 1 fully saturated rings. The summed E-state index contributed by atoms with van der Waals surface area (Å²) in [6, 6.07) is 5.90. The normalized spacial score (nSPS) is 17.8. The molecule has 0 aliphatic carbocycles. The van der Waals surface area contributed by atoms with Crippen molar-refractivity contribution in [3.8, 4) is 11.5 Å². The Kier molecular flexibility index (Phi) is 9.27. The van der Waals surface area contributed by atoms with Crippen LogP contribution in [-0.2, 0) is 4.74 Å². The predicted molar refractivity (Wildman–Crippen MR) is 114 cm³/mol. The second-order valence-electron chi connectivity index (χ2n) is 6.05. The standard InChI is InChI=1S/C18H28N4O3.HI/c1-2-19-18(20-6-7-22-8-12-23-13-9-22)21-15-4-5-16-17(14-15)25-11-3-10-24-16;/h4-5,14H,2-3,6-13H2,1H3,(H2,19,20,21);1H. The number of nitrogens with zero attached hydrogens (tertiary/aromatic N) is 2. The van der Waals surface area contributed by atoms with Crippen molar-refractivity contribution in [3.63, 3.8) is 0 Å². The van der Waals surface area contributed by atoms with E-state index in [4.69, 9.17) is 14.2 Å². The number of anilines is 1. The molecule has 1 aromatic carbocycles. The molecule has 2 aliphatic rings. The van der Waals surface area contributed by atoms with Gasteiger partial charge in [0.05, 0.1) is 33.0 Å². The van der Waals surface area contributed by atoms with E-state index in [1.807, 2.05) is 18.2 Å². The first-order chi connectivity index (χ1) is 12.3. The largest absolute Gasteiger partial charge is 0.490 e. The van der Waals surface area contributed by atoms with Crippen molar-refractivity contribution in [3.05, 3.63) is 18.2 Å². The topological polar surface area (TPSA) is 67.4 Å². The van der Waals surface area contributed by atoms with Crippen LogP contribution in [0.15, 0.2) is 23.2 Å². The van der Waals surface area contributed by atoms with Crippen molar-refractivity contribution >= 4 is 35.6 Å². The van der Waals surface area contributed by atoms with Crippen molar-refractivity contribution in [2.24, 2.45) is 4.99 Å². The first kappa shape index (κ1) is 21.0. The number of guanidine groups is 1. The lowest BCUT2D eigenvalue weighted by Gasteiger charge is -2.25. The fourth-order valence-electron chi connectivity index (χ4n) is 2.81. The fraction of sp³-hybridized carbons (Fsp3) is 0.611. The lowest BCUT2D eigenvalue weighted by Crippen LogP contribution is -2.38. The molecule has 7 nitrogen and oxygen atoms in total. The number of morpholine rings is 1. The molecule has 0 unspecified atom stereocenters. The van der Waals surface area contributed by atoms with Crippen molar-refractivity contribution < 1.29 is 14.2 Å². The molecule has 1 aromatic rings. The molecule has 0 radical (unpaired) electrons. The molecule has 26 heavy (non-hydrogen) atoms. The third kappa shape index (κ3) is 6.48.